The van der Waals surface area contributed by atoms with Gasteiger partial charge in [0, 0.05) is 12.1 Å². The van der Waals surface area contributed by atoms with Crippen LogP contribution in [-0.2, 0) is 35.0 Å². The van der Waals surface area contributed by atoms with E-state index in [9.17, 15) is 57.5 Å². The molecule has 6 N–H and O–H groups in total. The molecule has 25 heteroatoms. The monoisotopic (exact) mass is 1030 g/mol. The van der Waals surface area contributed by atoms with Gasteiger partial charge in [0.1, 0.15) is 11.1 Å². The van der Waals surface area contributed by atoms with Crippen LogP contribution in [0.1, 0.15) is 143 Å². The maximum absolute atomic E-state index is 14.1. The van der Waals surface area contributed by atoms with Gasteiger partial charge >= 0.3 is 28.0 Å². The van der Waals surface area contributed by atoms with Crippen molar-refractivity contribution < 1.29 is 61.7 Å². The number of nitrogens with zero attached hydrogens (tertiary/aromatic N) is 6. The molecule has 14 nitrogen and oxygen atoms in total. The molecule has 4 aliphatic rings. The van der Waals surface area contributed by atoms with E-state index in [0.717, 1.165) is 87.7 Å². The Morgan fingerprint density at radius 1 is 0.652 bits per heavy atom. The minimum atomic E-state index is -6.35. The second-order valence-corrected chi connectivity index (χ2v) is 19.5. The first kappa shape index (κ1) is 55.1. The number of aromatic nitrogens is 6. The predicted molar refractivity (Wildman–Crippen MR) is 234 cm³/mol. The third-order valence-electron chi connectivity index (χ3n) is 13.4. The molecule has 4 aromatic rings. The number of carbonyl (C=O) groups excluding carboxylic acids is 2. The molecule has 4 saturated carbocycles. The standard InChI is InChI=1S/C22H27F3N4O.C13H21N5O.C9H6F6O3S.ClH/c23-22(24,25)18(16-9-5-2-6-10-16)13-17(15-7-3-1-4-8-15)19-14-29(28-27-19)21(11-12-21)20(26)30;14-11(9-4-2-1-3-5-9)10-8-18(17-16-10)13(6-7-13)12(15)19;10-8(11,12)7(6-4-2-1-3-5-6)18-19(16,17)9(13,14)15;/h2,5-6,9-10,14-15,17-18H,1,3-4,7-8,11-13H2,(H2,26,30);8-9,11H,1-7,14H2,(H2,15,19);1-5,7H;1H/t17-,18?;11-;;/m00../s1. The Kier molecular flexibility index (Phi) is 17.6. The minimum absolute atomic E-state index is 0. The summed E-state index contributed by atoms with van der Waals surface area (Å²) in [6.45, 7) is 0. The van der Waals surface area contributed by atoms with E-state index in [1.54, 1.807) is 41.2 Å². The molecule has 4 atom stereocenters. The Hall–Kier alpha value is -4.81. The number of primary amides is 2. The van der Waals surface area contributed by atoms with Crippen molar-refractivity contribution in [2.75, 3.05) is 0 Å². The Balaban J connectivity index is 0.000000200. The molecular formula is C44H55ClF9N9O5S. The minimum Gasteiger partial charge on any atom is -0.368 e. The van der Waals surface area contributed by atoms with Crippen LogP contribution in [0.2, 0.25) is 0 Å². The van der Waals surface area contributed by atoms with Crippen LogP contribution in [0.3, 0.4) is 0 Å². The number of hydrogen-bond donors (Lipinski definition) is 3. The number of nitrogens with two attached hydrogens (primary N) is 3. The van der Waals surface area contributed by atoms with Crippen LogP contribution in [0, 0.1) is 11.8 Å². The lowest BCUT2D eigenvalue weighted by Gasteiger charge is -2.32. The molecule has 69 heavy (non-hydrogen) atoms. The number of carbonyl (C=O) groups is 2. The van der Waals surface area contributed by atoms with Crippen LogP contribution >= 0.6 is 12.4 Å². The highest BCUT2D eigenvalue weighted by Crippen LogP contribution is 2.49. The first-order chi connectivity index (χ1) is 31.9. The zero-order valence-corrected chi connectivity index (χ0v) is 38.8. The van der Waals surface area contributed by atoms with E-state index < -0.39 is 62.5 Å². The molecule has 2 amide bonds. The molecule has 0 radical (unpaired) electrons. The molecule has 0 aliphatic heterocycles. The molecule has 0 spiro atoms. The molecule has 0 saturated heterocycles. The van der Waals surface area contributed by atoms with Crippen molar-refractivity contribution in [1.29, 1.82) is 0 Å². The first-order valence-electron chi connectivity index (χ1n) is 22.3. The van der Waals surface area contributed by atoms with E-state index in [1.807, 2.05) is 6.20 Å². The molecular weight excluding hydrogens is 973 g/mol. The lowest BCUT2D eigenvalue weighted by atomic mass is 9.74. The number of halogens is 10. The fourth-order valence-electron chi connectivity index (χ4n) is 9.04. The third kappa shape index (κ3) is 13.3. The molecule has 2 unspecified atom stereocenters. The van der Waals surface area contributed by atoms with Gasteiger partial charge in [-0.05, 0) is 80.8 Å². The van der Waals surface area contributed by atoms with Gasteiger partial charge < -0.3 is 17.2 Å². The van der Waals surface area contributed by atoms with Crippen molar-refractivity contribution >= 4 is 34.3 Å². The zero-order valence-electron chi connectivity index (χ0n) is 37.2. The summed E-state index contributed by atoms with van der Waals surface area (Å²) < 4.78 is 144. The average molecular weight is 1030 g/mol. The van der Waals surface area contributed by atoms with Gasteiger partial charge in [-0.1, -0.05) is 110 Å². The lowest BCUT2D eigenvalue weighted by molar-refractivity contribution is -0.200. The number of hydrogen-bond acceptors (Lipinski definition) is 10. The van der Waals surface area contributed by atoms with E-state index in [-0.39, 0.29) is 48.2 Å². The van der Waals surface area contributed by atoms with Crippen LogP contribution < -0.4 is 17.2 Å². The maximum atomic E-state index is 14.1. The van der Waals surface area contributed by atoms with Crippen LogP contribution in [0.25, 0.3) is 0 Å². The quantitative estimate of drug-likeness (QED) is 0.0618. The van der Waals surface area contributed by atoms with Gasteiger partial charge in [-0.2, -0.15) is 47.9 Å². The number of rotatable bonds is 14. The fourth-order valence-corrected chi connectivity index (χ4v) is 9.62. The maximum Gasteiger partial charge on any atom is 0.523 e. The van der Waals surface area contributed by atoms with E-state index >= 15 is 0 Å². The highest BCUT2D eigenvalue weighted by atomic mass is 35.5. The third-order valence-corrected chi connectivity index (χ3v) is 14.4. The summed E-state index contributed by atoms with van der Waals surface area (Å²) in [5.74, 6) is -2.11. The largest absolute Gasteiger partial charge is 0.523 e. The normalized spacial score (nSPS) is 20.0. The van der Waals surface area contributed by atoms with Crippen molar-refractivity contribution in [2.24, 2.45) is 29.0 Å². The Morgan fingerprint density at radius 3 is 1.48 bits per heavy atom. The second-order valence-electron chi connectivity index (χ2n) is 18.0. The van der Waals surface area contributed by atoms with Gasteiger partial charge in [-0.15, -0.1) is 22.6 Å². The fraction of sp³-hybridized carbons (Fsp3) is 0.591. The molecule has 382 valence electrons. The summed E-state index contributed by atoms with van der Waals surface area (Å²) in [5.41, 5.74) is 10.7. The van der Waals surface area contributed by atoms with Gasteiger partial charge in [-0.3, -0.25) is 9.59 Å². The molecule has 2 aromatic carbocycles. The smallest absolute Gasteiger partial charge is 0.368 e. The van der Waals surface area contributed by atoms with Crippen LogP contribution in [-0.4, -0.2) is 68.1 Å². The molecule has 4 aliphatic carbocycles. The van der Waals surface area contributed by atoms with Gasteiger partial charge in [0.2, 0.25) is 11.8 Å². The number of benzene rings is 2. The molecule has 0 bridgehead atoms. The van der Waals surface area contributed by atoms with Crippen LogP contribution in [0.5, 0.6) is 0 Å². The first-order valence-corrected chi connectivity index (χ1v) is 23.7. The highest BCUT2D eigenvalue weighted by Gasteiger charge is 2.55. The highest BCUT2D eigenvalue weighted by molar-refractivity contribution is 7.87. The lowest BCUT2D eigenvalue weighted by Crippen LogP contribution is -2.34. The summed E-state index contributed by atoms with van der Waals surface area (Å²) in [6.07, 6.45) is 4.28. The zero-order chi connectivity index (χ0) is 49.7. The molecule has 8 rings (SSSR count). The van der Waals surface area contributed by atoms with Gasteiger partial charge in [0.15, 0.2) is 6.10 Å². The Labute approximate surface area is 398 Å². The second kappa shape index (κ2) is 22.1. The van der Waals surface area contributed by atoms with E-state index in [4.69, 9.17) is 17.2 Å². The topological polar surface area (TPSA) is 217 Å². The summed E-state index contributed by atoms with van der Waals surface area (Å²) in [7, 11) is -6.35. The molecule has 2 aromatic heterocycles. The van der Waals surface area contributed by atoms with Crippen molar-refractivity contribution in [2.45, 2.75) is 149 Å². The number of alkyl halides is 9. The van der Waals surface area contributed by atoms with Crippen molar-refractivity contribution in [3.63, 3.8) is 0 Å². The average Bonchev–Trinajstić information content (AvgIpc) is 4.19. The van der Waals surface area contributed by atoms with Gasteiger partial charge in [-0.25, -0.2) is 13.5 Å². The summed E-state index contributed by atoms with van der Waals surface area (Å²) in [4.78, 5) is 23.3. The van der Waals surface area contributed by atoms with Gasteiger partial charge in [0.25, 0.3) is 0 Å². The van der Waals surface area contributed by atoms with Crippen LogP contribution in [0.15, 0.2) is 73.1 Å². The predicted octanol–water partition coefficient (Wildman–Crippen LogP) is 9.06. The molecule has 4 fully saturated rings. The van der Waals surface area contributed by atoms with Crippen molar-refractivity contribution in [1.82, 2.24) is 30.0 Å². The summed E-state index contributed by atoms with van der Waals surface area (Å²) in [6, 6.07) is 13.2. The van der Waals surface area contributed by atoms with E-state index in [1.165, 1.54) is 30.0 Å². The van der Waals surface area contributed by atoms with E-state index in [2.05, 4.69) is 24.8 Å². The summed E-state index contributed by atoms with van der Waals surface area (Å²) >= 11 is 0. The summed E-state index contributed by atoms with van der Waals surface area (Å²) in [5, 5.41) is 16.6. The van der Waals surface area contributed by atoms with Crippen molar-refractivity contribution in [3.8, 4) is 0 Å². The van der Waals surface area contributed by atoms with Crippen LogP contribution in [0.4, 0.5) is 39.5 Å². The van der Waals surface area contributed by atoms with Gasteiger partial charge in [0.05, 0.1) is 29.5 Å². The number of amides is 2. The van der Waals surface area contributed by atoms with E-state index in [0.29, 0.717) is 24.5 Å². The SMILES string of the molecule is Cl.NC(=O)C1(n2cc([C@@H](CC(c3ccccc3)C(F)(F)F)C3CCCCC3)nn2)CC1.NC(=O)C1(n2cc([C@@H](N)C3CCCCC3)nn2)CC1.O=S(=O)(OC(c1ccccc1)C(F)(F)F)C(F)(F)F. The molecule has 2 heterocycles. The Morgan fingerprint density at radius 2 is 1.07 bits per heavy atom. The van der Waals surface area contributed by atoms with Crippen molar-refractivity contribution in [3.05, 3.63) is 95.6 Å². The Bertz CT molecular complexity index is 2400.